The summed E-state index contributed by atoms with van der Waals surface area (Å²) in [5.74, 6) is 0.563. The second-order valence-electron chi connectivity index (χ2n) is 5.79. The third-order valence-corrected chi connectivity index (χ3v) is 5.04. The number of nitrogens with one attached hydrogen (secondary N) is 2. The van der Waals surface area contributed by atoms with Crippen LogP contribution in [-0.2, 0) is 17.1 Å². The van der Waals surface area contributed by atoms with E-state index in [4.69, 9.17) is 0 Å². The van der Waals surface area contributed by atoms with E-state index in [0.717, 1.165) is 16.9 Å². The molecule has 0 saturated heterocycles. The van der Waals surface area contributed by atoms with Gasteiger partial charge in [-0.1, -0.05) is 19.1 Å². The first-order valence-corrected chi connectivity index (χ1v) is 9.80. The lowest BCUT2D eigenvalue weighted by Gasteiger charge is -2.08. The zero-order chi connectivity index (χ0) is 18.6. The van der Waals surface area contributed by atoms with E-state index in [0.29, 0.717) is 18.1 Å². The largest absolute Gasteiger partial charge is 0.321 e. The molecule has 136 valence electrons. The van der Waals surface area contributed by atoms with Crippen LogP contribution >= 0.6 is 0 Å². The van der Waals surface area contributed by atoms with Crippen LogP contribution in [0.3, 0.4) is 0 Å². The molecule has 0 atom stereocenters. The van der Waals surface area contributed by atoms with Gasteiger partial charge < -0.3 is 5.32 Å². The minimum Gasteiger partial charge on any atom is -0.321 e. The Bertz CT molecular complexity index is 982. The highest BCUT2D eigenvalue weighted by molar-refractivity contribution is 7.92. The lowest BCUT2D eigenvalue weighted by Crippen LogP contribution is -2.15. The number of hydrogen-bond acceptors (Lipinski definition) is 6. The third-order valence-electron chi connectivity index (χ3n) is 3.54. The Kier molecular flexibility index (Phi) is 5.17. The summed E-state index contributed by atoms with van der Waals surface area (Å²) in [6.07, 6.45) is 5.75. The molecule has 9 heteroatoms. The van der Waals surface area contributed by atoms with Gasteiger partial charge in [0.25, 0.3) is 0 Å². The van der Waals surface area contributed by atoms with Crippen molar-refractivity contribution in [2.75, 3.05) is 15.8 Å². The van der Waals surface area contributed by atoms with Crippen molar-refractivity contribution >= 4 is 27.3 Å². The van der Waals surface area contributed by atoms with E-state index in [2.05, 4.69) is 25.1 Å². The van der Waals surface area contributed by atoms with Gasteiger partial charge in [0.2, 0.25) is 16.0 Å². The van der Waals surface area contributed by atoms with Gasteiger partial charge in [0, 0.05) is 30.7 Å². The van der Waals surface area contributed by atoms with Crippen molar-refractivity contribution in [2.24, 2.45) is 7.05 Å². The summed E-state index contributed by atoms with van der Waals surface area (Å²) in [5, 5.41) is 7.18. The van der Waals surface area contributed by atoms with E-state index in [1.807, 2.05) is 32.3 Å². The summed E-state index contributed by atoms with van der Waals surface area (Å²) in [6, 6.07) is 8.88. The fourth-order valence-electron chi connectivity index (χ4n) is 2.40. The van der Waals surface area contributed by atoms with E-state index < -0.39 is 10.0 Å². The molecule has 8 nitrogen and oxygen atoms in total. The van der Waals surface area contributed by atoms with Gasteiger partial charge in [0.15, 0.2) is 0 Å². The quantitative estimate of drug-likeness (QED) is 0.661. The predicted octanol–water partition coefficient (Wildman–Crippen LogP) is 2.77. The molecule has 0 aliphatic rings. The molecule has 26 heavy (non-hydrogen) atoms. The smallest absolute Gasteiger partial charge is 0.232 e. The lowest BCUT2D eigenvalue weighted by atomic mass is 10.1. The fourth-order valence-corrected chi connectivity index (χ4v) is 3.54. The second-order valence-corrected chi connectivity index (χ2v) is 7.63. The number of hydrogen-bond donors (Lipinski definition) is 2. The van der Waals surface area contributed by atoms with Crippen molar-refractivity contribution in [3.63, 3.8) is 0 Å². The topological polar surface area (TPSA) is 102 Å². The van der Waals surface area contributed by atoms with Crippen LogP contribution in [0.1, 0.15) is 13.3 Å². The van der Waals surface area contributed by atoms with Crippen LogP contribution in [0.2, 0.25) is 0 Å². The Balaban J connectivity index is 1.76. The zero-order valence-corrected chi connectivity index (χ0v) is 15.4. The molecule has 0 spiro atoms. The van der Waals surface area contributed by atoms with E-state index in [1.165, 1.54) is 0 Å². The van der Waals surface area contributed by atoms with Gasteiger partial charge in [-0.05, 0) is 24.6 Å². The van der Waals surface area contributed by atoms with Crippen molar-refractivity contribution < 1.29 is 8.42 Å². The Morgan fingerprint density at radius 2 is 1.88 bits per heavy atom. The van der Waals surface area contributed by atoms with E-state index in [-0.39, 0.29) is 5.75 Å². The van der Waals surface area contributed by atoms with Crippen molar-refractivity contribution in [2.45, 2.75) is 13.3 Å². The summed E-state index contributed by atoms with van der Waals surface area (Å²) in [4.78, 5) is 8.69. The molecule has 3 rings (SSSR count). The van der Waals surface area contributed by atoms with Gasteiger partial charge in [-0.25, -0.2) is 18.4 Å². The highest BCUT2D eigenvalue weighted by Gasteiger charge is 2.09. The molecule has 0 saturated carbocycles. The SMILES string of the molecule is CCCS(=O)(=O)Nc1ccc(-c2ccnc(Nc3cnn(C)c3)n2)cc1. The van der Waals surface area contributed by atoms with Crippen LogP contribution in [0.4, 0.5) is 17.3 Å². The summed E-state index contributed by atoms with van der Waals surface area (Å²) < 4.78 is 27.9. The molecule has 2 N–H and O–H groups in total. The Morgan fingerprint density at radius 1 is 1.12 bits per heavy atom. The average Bonchev–Trinajstić information content (AvgIpc) is 3.00. The predicted molar refractivity (Wildman–Crippen MR) is 102 cm³/mol. The molecule has 0 bridgehead atoms. The van der Waals surface area contributed by atoms with Crippen LogP contribution in [0.5, 0.6) is 0 Å². The standard InChI is InChI=1S/C17H20N6O2S/c1-3-10-26(24,25)22-14-6-4-13(5-7-14)16-8-9-18-17(21-16)20-15-11-19-23(2)12-15/h4-9,11-12,22H,3,10H2,1-2H3,(H,18,20,21). The minimum atomic E-state index is -3.30. The van der Waals surface area contributed by atoms with Gasteiger partial charge in [-0.15, -0.1) is 0 Å². The van der Waals surface area contributed by atoms with Crippen LogP contribution < -0.4 is 10.0 Å². The van der Waals surface area contributed by atoms with Crippen LogP contribution in [0.25, 0.3) is 11.3 Å². The highest BCUT2D eigenvalue weighted by atomic mass is 32.2. The van der Waals surface area contributed by atoms with Crippen molar-refractivity contribution in [3.05, 3.63) is 48.9 Å². The van der Waals surface area contributed by atoms with Crippen molar-refractivity contribution in [1.82, 2.24) is 19.7 Å². The Hall–Kier alpha value is -2.94. The van der Waals surface area contributed by atoms with E-state index >= 15 is 0 Å². The maximum atomic E-state index is 11.8. The number of benzene rings is 1. The molecule has 3 aromatic rings. The molecule has 1 aromatic carbocycles. The van der Waals surface area contributed by atoms with Crippen LogP contribution in [-0.4, -0.2) is 33.9 Å². The molecule has 0 amide bonds. The monoisotopic (exact) mass is 372 g/mol. The number of rotatable bonds is 7. The van der Waals surface area contributed by atoms with Crippen LogP contribution in [0, 0.1) is 0 Å². The zero-order valence-electron chi connectivity index (χ0n) is 14.5. The normalized spacial score (nSPS) is 11.3. The first-order valence-electron chi connectivity index (χ1n) is 8.15. The molecule has 0 aliphatic carbocycles. The summed E-state index contributed by atoms with van der Waals surface area (Å²) in [5.41, 5.74) is 2.92. The highest BCUT2D eigenvalue weighted by Crippen LogP contribution is 2.22. The molecular formula is C17H20N6O2S. The van der Waals surface area contributed by atoms with Gasteiger partial charge in [0.1, 0.15) is 0 Å². The number of aromatic nitrogens is 4. The van der Waals surface area contributed by atoms with Gasteiger partial charge >= 0.3 is 0 Å². The van der Waals surface area contributed by atoms with Gasteiger partial charge in [0.05, 0.1) is 23.3 Å². The summed E-state index contributed by atoms with van der Waals surface area (Å²) in [6.45, 7) is 1.83. The van der Waals surface area contributed by atoms with E-state index in [1.54, 1.807) is 35.3 Å². The number of aryl methyl sites for hydroxylation is 1. The first kappa shape index (κ1) is 17.9. The summed E-state index contributed by atoms with van der Waals surface area (Å²) >= 11 is 0. The third kappa shape index (κ3) is 4.57. The molecule has 0 radical (unpaired) electrons. The molecule has 0 fully saturated rings. The number of anilines is 3. The molecular weight excluding hydrogens is 352 g/mol. The molecule has 2 aromatic heterocycles. The first-order chi connectivity index (χ1) is 12.4. The van der Waals surface area contributed by atoms with Crippen LogP contribution in [0.15, 0.2) is 48.9 Å². The van der Waals surface area contributed by atoms with Crippen molar-refractivity contribution in [3.8, 4) is 11.3 Å². The van der Waals surface area contributed by atoms with Gasteiger partial charge in [-0.3, -0.25) is 9.40 Å². The maximum Gasteiger partial charge on any atom is 0.232 e. The number of nitrogens with zero attached hydrogens (tertiary/aromatic N) is 4. The molecule has 0 aliphatic heterocycles. The second kappa shape index (κ2) is 7.52. The molecule has 2 heterocycles. The fraction of sp³-hybridized carbons (Fsp3) is 0.235. The van der Waals surface area contributed by atoms with Gasteiger partial charge in [-0.2, -0.15) is 5.10 Å². The lowest BCUT2D eigenvalue weighted by molar-refractivity contribution is 0.600. The summed E-state index contributed by atoms with van der Waals surface area (Å²) in [7, 11) is -1.46. The average molecular weight is 372 g/mol. The minimum absolute atomic E-state index is 0.101. The maximum absolute atomic E-state index is 11.8. The van der Waals surface area contributed by atoms with E-state index in [9.17, 15) is 8.42 Å². The number of sulfonamides is 1. The van der Waals surface area contributed by atoms with Crippen molar-refractivity contribution in [1.29, 1.82) is 0 Å². The Labute approximate surface area is 152 Å². The molecule has 0 unspecified atom stereocenters. The Morgan fingerprint density at radius 3 is 2.54 bits per heavy atom.